The van der Waals surface area contributed by atoms with Crippen LogP contribution in [0.4, 0.5) is 4.79 Å². The molecule has 2 aliphatic heterocycles. The smallest absolute Gasteiger partial charge is 0.410 e. The van der Waals surface area contributed by atoms with Gasteiger partial charge in [-0.1, -0.05) is 0 Å². The zero-order valence-corrected chi connectivity index (χ0v) is 15.4. The van der Waals surface area contributed by atoms with Gasteiger partial charge >= 0.3 is 6.09 Å². The highest BCUT2D eigenvalue weighted by molar-refractivity contribution is 5.68. The molecule has 0 aromatic rings. The summed E-state index contributed by atoms with van der Waals surface area (Å²) in [4.78, 5) is 16.8. The number of nitrogens with zero attached hydrogens (tertiary/aromatic N) is 2. The van der Waals surface area contributed by atoms with Gasteiger partial charge in [0.2, 0.25) is 0 Å². The molecule has 1 amide bonds. The highest BCUT2D eigenvalue weighted by Crippen LogP contribution is 2.24. The van der Waals surface area contributed by atoms with Crippen molar-refractivity contribution in [2.24, 2.45) is 0 Å². The minimum absolute atomic E-state index is 0.149. The van der Waals surface area contributed by atoms with Crippen LogP contribution in [0.1, 0.15) is 59.8 Å². The van der Waals surface area contributed by atoms with Crippen LogP contribution in [-0.4, -0.2) is 66.3 Å². The van der Waals surface area contributed by atoms with Gasteiger partial charge in [-0.05, 0) is 72.9 Å². The highest BCUT2D eigenvalue weighted by atomic mass is 16.6. The molecule has 5 nitrogen and oxygen atoms in total. The zero-order chi connectivity index (χ0) is 16.9. The van der Waals surface area contributed by atoms with Gasteiger partial charge in [0, 0.05) is 31.7 Å². The summed E-state index contributed by atoms with van der Waals surface area (Å²) < 4.78 is 5.54. The van der Waals surface area contributed by atoms with Crippen LogP contribution in [0.2, 0.25) is 0 Å². The van der Waals surface area contributed by atoms with Gasteiger partial charge in [-0.15, -0.1) is 0 Å². The molecule has 0 radical (unpaired) electrons. The van der Waals surface area contributed by atoms with Crippen LogP contribution in [0.15, 0.2) is 0 Å². The van der Waals surface area contributed by atoms with Gasteiger partial charge in [-0.25, -0.2) is 4.79 Å². The molecule has 0 aliphatic carbocycles. The molecule has 23 heavy (non-hydrogen) atoms. The van der Waals surface area contributed by atoms with E-state index in [9.17, 15) is 4.79 Å². The monoisotopic (exact) mass is 325 g/mol. The fourth-order valence-corrected chi connectivity index (χ4v) is 3.61. The third-order valence-corrected chi connectivity index (χ3v) is 4.75. The van der Waals surface area contributed by atoms with Crippen molar-refractivity contribution in [3.05, 3.63) is 0 Å². The molecule has 0 bridgehead atoms. The van der Waals surface area contributed by atoms with E-state index in [1.807, 2.05) is 25.7 Å². The van der Waals surface area contributed by atoms with Crippen molar-refractivity contribution in [2.45, 2.75) is 77.5 Å². The Kier molecular flexibility index (Phi) is 6.72. The first kappa shape index (κ1) is 18.5. The summed E-state index contributed by atoms with van der Waals surface area (Å²) in [5.74, 6) is 0. The molecule has 0 spiro atoms. The summed E-state index contributed by atoms with van der Waals surface area (Å²) in [5, 5.41) is 3.62. The highest BCUT2D eigenvalue weighted by Gasteiger charge is 2.32. The molecular weight excluding hydrogens is 290 g/mol. The summed E-state index contributed by atoms with van der Waals surface area (Å²) in [6.45, 7) is 13.5. The number of carbonyl (C=O) groups is 1. The van der Waals surface area contributed by atoms with E-state index >= 15 is 0 Å². The number of likely N-dealkylation sites (tertiary alicyclic amines) is 2. The zero-order valence-electron chi connectivity index (χ0n) is 15.4. The molecule has 0 saturated carbocycles. The quantitative estimate of drug-likeness (QED) is 0.815. The van der Waals surface area contributed by atoms with Gasteiger partial charge in [-0.2, -0.15) is 0 Å². The SMILES string of the molecule is CC(CC1CCCN1C(=O)OC(C)(C)C)NCCN1CCCC1. The largest absolute Gasteiger partial charge is 0.444 e. The Balaban J connectivity index is 1.70. The summed E-state index contributed by atoms with van der Waals surface area (Å²) in [7, 11) is 0. The van der Waals surface area contributed by atoms with Crippen molar-refractivity contribution in [3.8, 4) is 0 Å². The molecule has 5 heteroatoms. The molecule has 2 fully saturated rings. The van der Waals surface area contributed by atoms with Gasteiger partial charge in [0.05, 0.1) is 0 Å². The minimum Gasteiger partial charge on any atom is -0.444 e. The second kappa shape index (κ2) is 8.34. The summed E-state index contributed by atoms with van der Waals surface area (Å²) in [6.07, 6.45) is 5.75. The Labute approximate surface area is 141 Å². The van der Waals surface area contributed by atoms with Crippen LogP contribution in [0.5, 0.6) is 0 Å². The summed E-state index contributed by atoms with van der Waals surface area (Å²) >= 11 is 0. The number of nitrogens with one attached hydrogen (secondary N) is 1. The third kappa shape index (κ3) is 6.30. The first-order valence-corrected chi connectivity index (χ1v) is 9.30. The van der Waals surface area contributed by atoms with Crippen LogP contribution >= 0.6 is 0 Å². The van der Waals surface area contributed by atoms with Crippen LogP contribution < -0.4 is 5.32 Å². The molecule has 2 aliphatic rings. The Morgan fingerprint density at radius 2 is 1.91 bits per heavy atom. The average molecular weight is 325 g/mol. The average Bonchev–Trinajstić information content (AvgIpc) is 3.07. The molecule has 2 heterocycles. The molecular formula is C18H35N3O2. The lowest BCUT2D eigenvalue weighted by Crippen LogP contribution is -2.43. The summed E-state index contributed by atoms with van der Waals surface area (Å²) in [6, 6.07) is 0.754. The number of rotatable bonds is 6. The molecule has 134 valence electrons. The van der Waals surface area contributed by atoms with Crippen LogP contribution in [0, 0.1) is 0 Å². The van der Waals surface area contributed by atoms with Gasteiger partial charge in [0.25, 0.3) is 0 Å². The predicted molar refractivity (Wildman–Crippen MR) is 93.7 cm³/mol. The van der Waals surface area contributed by atoms with E-state index in [-0.39, 0.29) is 6.09 Å². The Hall–Kier alpha value is -0.810. The number of amides is 1. The van der Waals surface area contributed by atoms with Crippen molar-refractivity contribution in [1.82, 2.24) is 15.1 Å². The predicted octanol–water partition coefficient (Wildman–Crippen LogP) is 2.85. The molecule has 0 aromatic heterocycles. The van der Waals surface area contributed by atoms with E-state index in [1.54, 1.807) is 0 Å². The number of hydrogen-bond acceptors (Lipinski definition) is 4. The standard InChI is InChI=1S/C18H35N3O2/c1-15(19-9-13-20-10-5-6-11-20)14-16-8-7-12-21(16)17(22)23-18(2,3)4/h15-16,19H,5-14H2,1-4H3. The van der Waals surface area contributed by atoms with E-state index in [4.69, 9.17) is 4.74 Å². The Morgan fingerprint density at radius 3 is 2.57 bits per heavy atom. The molecule has 0 aromatic carbocycles. The second-order valence-corrected chi connectivity index (χ2v) is 8.11. The van der Waals surface area contributed by atoms with E-state index in [0.29, 0.717) is 12.1 Å². The van der Waals surface area contributed by atoms with E-state index in [0.717, 1.165) is 38.9 Å². The van der Waals surface area contributed by atoms with Gasteiger partial charge in [0.1, 0.15) is 5.60 Å². The van der Waals surface area contributed by atoms with Crippen molar-refractivity contribution >= 4 is 6.09 Å². The summed E-state index contributed by atoms with van der Waals surface area (Å²) in [5.41, 5.74) is -0.413. The van der Waals surface area contributed by atoms with Crippen molar-refractivity contribution in [1.29, 1.82) is 0 Å². The van der Waals surface area contributed by atoms with Gasteiger partial charge < -0.3 is 19.9 Å². The van der Waals surface area contributed by atoms with E-state index < -0.39 is 5.60 Å². The number of ether oxygens (including phenoxy) is 1. The maximum absolute atomic E-state index is 12.3. The second-order valence-electron chi connectivity index (χ2n) is 8.11. The molecule has 2 rings (SSSR count). The van der Waals surface area contributed by atoms with Gasteiger partial charge in [0.15, 0.2) is 0 Å². The van der Waals surface area contributed by atoms with Crippen molar-refractivity contribution in [2.75, 3.05) is 32.7 Å². The third-order valence-electron chi connectivity index (χ3n) is 4.75. The Morgan fingerprint density at radius 1 is 1.22 bits per heavy atom. The fraction of sp³-hybridized carbons (Fsp3) is 0.944. The van der Waals surface area contributed by atoms with Crippen molar-refractivity contribution < 1.29 is 9.53 Å². The topological polar surface area (TPSA) is 44.8 Å². The lowest BCUT2D eigenvalue weighted by atomic mass is 10.1. The Bertz CT molecular complexity index is 375. The first-order valence-electron chi connectivity index (χ1n) is 9.30. The maximum Gasteiger partial charge on any atom is 0.410 e. The minimum atomic E-state index is -0.413. The van der Waals surface area contributed by atoms with Crippen LogP contribution in [0.25, 0.3) is 0 Å². The van der Waals surface area contributed by atoms with Crippen LogP contribution in [-0.2, 0) is 4.74 Å². The van der Waals surface area contributed by atoms with Gasteiger partial charge in [-0.3, -0.25) is 0 Å². The van der Waals surface area contributed by atoms with Crippen LogP contribution in [0.3, 0.4) is 0 Å². The van der Waals surface area contributed by atoms with E-state index in [1.165, 1.54) is 25.9 Å². The van der Waals surface area contributed by atoms with E-state index in [2.05, 4.69) is 17.1 Å². The first-order chi connectivity index (χ1) is 10.8. The lowest BCUT2D eigenvalue weighted by Gasteiger charge is -2.30. The molecule has 1 N–H and O–H groups in total. The fourth-order valence-electron chi connectivity index (χ4n) is 3.61. The lowest BCUT2D eigenvalue weighted by molar-refractivity contribution is 0.0214. The molecule has 2 unspecified atom stereocenters. The molecule has 2 saturated heterocycles. The normalized spacial score (nSPS) is 24.2. The number of hydrogen-bond donors (Lipinski definition) is 1. The molecule has 2 atom stereocenters. The van der Waals surface area contributed by atoms with Crippen molar-refractivity contribution in [3.63, 3.8) is 0 Å². The number of carbonyl (C=O) groups excluding carboxylic acids is 1. The maximum atomic E-state index is 12.3.